The fourth-order valence-corrected chi connectivity index (χ4v) is 23.0. The Hall–Kier alpha value is -19.1. The molecule has 149 heavy (non-hydrogen) atoms. The second-order valence-electron chi connectivity index (χ2n) is 39.9. The Bertz CT molecular complexity index is 9230. The standard InChI is InChI=1S/C52H33N3.C46H33N3.C42H31N3/c1-2-11-34(12-3-1)38-13-10-14-40(31-38)51-54-49(33-50(55-51)37-27-29-53-30-28-37)36-23-21-35(22-24-36)39-25-26-48-44(32-39)43-17-6-9-20-47(43)52(48)45-18-7-4-15-41(45)42-16-5-8-19-46(42)52;1-46(2)41-27-35(22-23-39(41)40-24-21-32-12-6-7-16-38(32)44(40)46)31-17-19-33(20-18-31)42-28-43(37-15-9-25-47-29-37)49-45(48-42)36-14-8-13-34(26-36)30-10-4-3-5-11-30;1-42(2)37-16-7-6-15-35(37)36-25-32(21-22-38(36)42)29-17-19-30(20-18-29)39-26-40(34-14-9-23-43-27-34)45-41(44-39)33-13-8-12-31(24-33)28-10-4-3-5-11-28/h1-33H;3-29H,1-2H3;3-27H,1-2H3. The molecular weight excluding hydrogens is 1810 g/mol. The molecule has 6 heterocycles. The number of fused-ring (bicyclic) bond motifs is 18. The van der Waals surface area contributed by atoms with Gasteiger partial charge in [0.05, 0.1) is 39.6 Å². The predicted octanol–water partition coefficient (Wildman–Crippen LogP) is 34.7. The zero-order valence-electron chi connectivity index (χ0n) is 82.6. The van der Waals surface area contributed by atoms with E-state index in [1.807, 2.05) is 79.4 Å². The van der Waals surface area contributed by atoms with Crippen LogP contribution < -0.4 is 0 Å². The summed E-state index contributed by atoms with van der Waals surface area (Å²) in [4.78, 5) is 43.5. The van der Waals surface area contributed by atoms with Crippen LogP contribution in [-0.4, -0.2) is 44.9 Å². The van der Waals surface area contributed by atoms with Crippen LogP contribution in [0.4, 0.5) is 0 Å². The maximum atomic E-state index is 5.16. The summed E-state index contributed by atoms with van der Waals surface area (Å²) in [6.45, 7) is 9.36. The van der Waals surface area contributed by atoms with E-state index >= 15 is 0 Å². The quantitative estimate of drug-likeness (QED) is 0.0989. The highest BCUT2D eigenvalue weighted by Crippen LogP contribution is 2.64. The highest BCUT2D eigenvalue weighted by Gasteiger charge is 2.52. The summed E-state index contributed by atoms with van der Waals surface area (Å²) in [5, 5.41) is 2.63. The molecule has 0 radical (unpaired) electrons. The van der Waals surface area contributed by atoms with E-state index in [2.05, 4.69) is 467 Å². The molecule has 0 atom stereocenters. The zero-order chi connectivity index (χ0) is 99.7. The highest BCUT2D eigenvalue weighted by atomic mass is 14.9. The minimum absolute atomic E-state index is 0.00559. The van der Waals surface area contributed by atoms with Gasteiger partial charge in [0.25, 0.3) is 0 Å². The lowest BCUT2D eigenvalue weighted by atomic mass is 9.70. The molecule has 6 aromatic heterocycles. The Kier molecular flexibility index (Phi) is 22.7. The number of aromatic nitrogens is 9. The third-order valence-electron chi connectivity index (χ3n) is 30.4. The molecule has 0 amide bonds. The van der Waals surface area contributed by atoms with Crippen molar-refractivity contribution in [2.75, 3.05) is 0 Å². The Morgan fingerprint density at radius 2 is 0.443 bits per heavy atom. The maximum absolute atomic E-state index is 5.16. The van der Waals surface area contributed by atoms with Crippen LogP contribution in [0.1, 0.15) is 72.2 Å². The summed E-state index contributed by atoms with van der Waals surface area (Å²) in [6.07, 6.45) is 10.9. The van der Waals surface area contributed by atoms with Gasteiger partial charge in [0.2, 0.25) is 0 Å². The van der Waals surface area contributed by atoms with Crippen molar-refractivity contribution in [1.82, 2.24) is 44.9 Å². The van der Waals surface area contributed by atoms with E-state index in [0.29, 0.717) is 17.5 Å². The van der Waals surface area contributed by atoms with Crippen LogP contribution in [0, 0.1) is 0 Å². The Morgan fingerprint density at radius 1 is 0.154 bits per heavy atom. The van der Waals surface area contributed by atoms with Crippen LogP contribution in [0.3, 0.4) is 0 Å². The molecule has 1 spiro atoms. The van der Waals surface area contributed by atoms with Crippen molar-refractivity contribution < 1.29 is 0 Å². The Labute approximate surface area is 867 Å². The van der Waals surface area contributed by atoms with E-state index in [-0.39, 0.29) is 16.2 Å². The fraction of sp³-hybridized carbons (Fsp3) is 0.0500. The van der Waals surface area contributed by atoms with Gasteiger partial charge in [-0.15, -0.1) is 0 Å². The lowest BCUT2D eigenvalue weighted by Gasteiger charge is -2.30. The Balaban J connectivity index is 0.000000114. The second kappa shape index (κ2) is 37.6. The molecule has 0 saturated heterocycles. The predicted molar refractivity (Wildman–Crippen MR) is 610 cm³/mol. The lowest BCUT2D eigenvalue weighted by molar-refractivity contribution is 0.660. The summed E-state index contributed by atoms with van der Waals surface area (Å²) in [6, 6.07) is 171. The van der Waals surface area contributed by atoms with Gasteiger partial charge < -0.3 is 0 Å². The first-order valence-electron chi connectivity index (χ1n) is 50.9. The third kappa shape index (κ3) is 16.4. The minimum atomic E-state index is -0.334. The first-order chi connectivity index (χ1) is 73.3. The van der Waals surface area contributed by atoms with Crippen molar-refractivity contribution in [3.8, 4) is 213 Å². The van der Waals surface area contributed by atoms with Crippen LogP contribution in [0.2, 0.25) is 0 Å². The van der Waals surface area contributed by atoms with Gasteiger partial charge in [-0.25, -0.2) is 29.9 Å². The molecular formula is C140H97N9. The van der Waals surface area contributed by atoms with E-state index in [1.165, 1.54) is 128 Å². The Morgan fingerprint density at radius 3 is 0.879 bits per heavy atom. The summed E-state index contributed by atoms with van der Waals surface area (Å²) in [5.41, 5.74) is 49.3. The SMILES string of the molecule is CC1(C)c2cc(-c3ccc(-c4cc(-c5cccnc5)nc(-c5cccc(-c6ccccc6)c5)n4)cc3)ccc2-c2ccc3ccccc3c21.CC1(C)c2ccccc2-c2cc(-c3ccc(-c4cc(-c5cccnc5)nc(-c5cccc(-c6ccccc6)c5)n4)cc3)ccc21.c1ccc(-c2cccc(-c3nc(-c4ccncc4)cc(-c4ccc(-c5ccc6c(c5)-c5ccccc5C65c6ccccc6-c6ccccc65)cc4)n3)c2)cc1. The van der Waals surface area contributed by atoms with Gasteiger partial charge in [0, 0.05) is 98.1 Å². The van der Waals surface area contributed by atoms with Crippen molar-refractivity contribution >= 4 is 10.8 Å². The first kappa shape index (κ1) is 90.0. The molecule has 9 nitrogen and oxygen atoms in total. The van der Waals surface area contributed by atoms with Crippen LogP contribution in [0.25, 0.3) is 224 Å². The molecule has 0 unspecified atom stereocenters. The molecule has 4 aliphatic carbocycles. The van der Waals surface area contributed by atoms with Gasteiger partial charge >= 0.3 is 0 Å². The third-order valence-corrected chi connectivity index (χ3v) is 30.4. The molecule has 0 aliphatic heterocycles. The molecule has 0 saturated carbocycles. The van der Waals surface area contributed by atoms with E-state index in [1.54, 1.807) is 12.4 Å². The largest absolute Gasteiger partial charge is 0.265 e. The normalized spacial score (nSPS) is 12.9. The van der Waals surface area contributed by atoms with E-state index in [9.17, 15) is 0 Å². The number of nitrogens with zero attached hydrogens (tertiary/aromatic N) is 9. The highest BCUT2D eigenvalue weighted by molar-refractivity contribution is 6.00. The van der Waals surface area contributed by atoms with Gasteiger partial charge in [-0.3, -0.25) is 15.0 Å². The van der Waals surface area contributed by atoms with Crippen LogP contribution in [0.5, 0.6) is 0 Å². The number of hydrogen-bond acceptors (Lipinski definition) is 9. The zero-order valence-corrected chi connectivity index (χ0v) is 82.6. The van der Waals surface area contributed by atoms with Crippen molar-refractivity contribution in [3.63, 3.8) is 0 Å². The molecule has 0 N–H and O–H groups in total. The summed E-state index contributed by atoms with van der Waals surface area (Å²) >= 11 is 0. The summed E-state index contributed by atoms with van der Waals surface area (Å²) < 4.78 is 0. The van der Waals surface area contributed by atoms with Gasteiger partial charge in [-0.1, -0.05) is 416 Å². The molecule has 9 heteroatoms. The number of hydrogen-bond donors (Lipinski definition) is 0. The number of rotatable bonds is 15. The molecule has 18 aromatic carbocycles. The molecule has 28 rings (SSSR count). The molecule has 702 valence electrons. The van der Waals surface area contributed by atoms with Crippen molar-refractivity contribution in [2.45, 2.75) is 43.9 Å². The fourth-order valence-electron chi connectivity index (χ4n) is 23.0. The van der Waals surface area contributed by atoms with E-state index < -0.39 is 0 Å². The van der Waals surface area contributed by atoms with Crippen molar-refractivity contribution in [3.05, 3.63) is 561 Å². The molecule has 4 aliphatic rings. The van der Waals surface area contributed by atoms with Crippen molar-refractivity contribution in [1.29, 1.82) is 0 Å². The molecule has 24 aromatic rings. The number of benzene rings is 18. The first-order valence-corrected chi connectivity index (χ1v) is 50.9. The maximum Gasteiger partial charge on any atom is 0.160 e. The molecule has 0 bridgehead atoms. The smallest absolute Gasteiger partial charge is 0.160 e. The second-order valence-corrected chi connectivity index (χ2v) is 39.9. The number of pyridine rings is 3. The van der Waals surface area contributed by atoms with Crippen molar-refractivity contribution in [2.24, 2.45) is 0 Å². The summed E-state index contributed by atoms with van der Waals surface area (Å²) in [7, 11) is 0. The topological polar surface area (TPSA) is 116 Å². The van der Waals surface area contributed by atoms with Crippen LogP contribution in [0.15, 0.2) is 516 Å². The van der Waals surface area contributed by atoms with Crippen LogP contribution >= 0.6 is 0 Å². The van der Waals surface area contributed by atoms with E-state index in [4.69, 9.17) is 29.9 Å². The van der Waals surface area contributed by atoms with Gasteiger partial charge in [0.15, 0.2) is 17.5 Å². The van der Waals surface area contributed by atoms with E-state index in [0.717, 1.165) is 123 Å². The lowest BCUT2D eigenvalue weighted by Crippen LogP contribution is -2.25. The molecule has 0 fully saturated rings. The minimum Gasteiger partial charge on any atom is -0.265 e. The van der Waals surface area contributed by atoms with Gasteiger partial charge in [0.1, 0.15) is 0 Å². The van der Waals surface area contributed by atoms with Gasteiger partial charge in [-0.05, 0) is 258 Å². The van der Waals surface area contributed by atoms with Gasteiger partial charge in [-0.2, -0.15) is 0 Å². The average Bonchev–Trinajstić information content (AvgIpc) is 1.50. The van der Waals surface area contributed by atoms with Crippen LogP contribution in [-0.2, 0) is 16.2 Å². The summed E-state index contributed by atoms with van der Waals surface area (Å²) in [5.74, 6) is 2.06. The average molecular weight is 1910 g/mol. The monoisotopic (exact) mass is 1900 g/mol.